The standard InChI is InChI=1S/C12H10ClF3O/c1-9-7-11(17-8-12(14,15)16)5-4-10(9)3-2-6-13/h4-5,7H,6,8H2,1H3. The van der Waals surface area contributed by atoms with Gasteiger partial charge in [-0.1, -0.05) is 11.8 Å². The van der Waals surface area contributed by atoms with E-state index in [1.54, 1.807) is 13.0 Å². The zero-order valence-electron chi connectivity index (χ0n) is 9.07. The zero-order valence-corrected chi connectivity index (χ0v) is 9.82. The highest BCUT2D eigenvalue weighted by Gasteiger charge is 2.28. The fourth-order valence-electron chi connectivity index (χ4n) is 1.16. The van der Waals surface area contributed by atoms with Gasteiger partial charge in [-0.15, -0.1) is 11.6 Å². The molecule has 92 valence electrons. The van der Waals surface area contributed by atoms with Crippen molar-refractivity contribution in [1.29, 1.82) is 0 Å². The molecule has 0 unspecified atom stereocenters. The van der Waals surface area contributed by atoms with Crippen LogP contribution in [0.15, 0.2) is 18.2 Å². The molecule has 0 heterocycles. The van der Waals surface area contributed by atoms with Crippen molar-refractivity contribution in [2.45, 2.75) is 13.1 Å². The van der Waals surface area contributed by atoms with E-state index in [4.69, 9.17) is 11.6 Å². The second kappa shape index (κ2) is 5.83. The second-order valence-electron chi connectivity index (χ2n) is 3.32. The molecule has 0 N–H and O–H groups in total. The Bertz CT molecular complexity index is 443. The largest absolute Gasteiger partial charge is 0.484 e. The quantitative estimate of drug-likeness (QED) is 0.585. The van der Waals surface area contributed by atoms with Crippen LogP contribution in [0, 0.1) is 18.8 Å². The number of benzene rings is 1. The normalized spacial score (nSPS) is 10.6. The van der Waals surface area contributed by atoms with E-state index < -0.39 is 12.8 Å². The van der Waals surface area contributed by atoms with E-state index in [-0.39, 0.29) is 11.6 Å². The maximum Gasteiger partial charge on any atom is 0.422 e. The van der Waals surface area contributed by atoms with Crippen molar-refractivity contribution in [2.75, 3.05) is 12.5 Å². The van der Waals surface area contributed by atoms with Gasteiger partial charge in [0.1, 0.15) is 5.75 Å². The Labute approximate surface area is 103 Å². The van der Waals surface area contributed by atoms with Gasteiger partial charge in [0.05, 0.1) is 5.88 Å². The Hall–Kier alpha value is -1.34. The molecule has 0 aliphatic carbocycles. The third-order valence-corrected chi connectivity index (χ3v) is 2.02. The molecule has 1 aromatic carbocycles. The molecule has 0 aliphatic heterocycles. The first kappa shape index (κ1) is 13.7. The molecule has 0 bridgehead atoms. The molecule has 0 aliphatic rings. The first-order chi connectivity index (χ1) is 7.92. The highest BCUT2D eigenvalue weighted by Crippen LogP contribution is 2.20. The number of aryl methyl sites for hydroxylation is 1. The summed E-state index contributed by atoms with van der Waals surface area (Å²) < 4.78 is 40.4. The Morgan fingerprint density at radius 2 is 2.06 bits per heavy atom. The van der Waals surface area contributed by atoms with Gasteiger partial charge in [0.25, 0.3) is 0 Å². The molecule has 0 saturated carbocycles. The second-order valence-corrected chi connectivity index (χ2v) is 3.58. The summed E-state index contributed by atoms with van der Waals surface area (Å²) in [7, 11) is 0. The minimum Gasteiger partial charge on any atom is -0.484 e. The Kier molecular flexibility index (Phi) is 4.71. The van der Waals surface area contributed by atoms with Crippen molar-refractivity contribution in [3.05, 3.63) is 29.3 Å². The topological polar surface area (TPSA) is 9.23 Å². The summed E-state index contributed by atoms with van der Waals surface area (Å²) >= 11 is 5.41. The van der Waals surface area contributed by atoms with Gasteiger partial charge in [0.2, 0.25) is 0 Å². The minimum absolute atomic E-state index is 0.177. The predicted molar refractivity (Wildman–Crippen MR) is 60.3 cm³/mol. The van der Waals surface area contributed by atoms with Crippen molar-refractivity contribution < 1.29 is 17.9 Å². The van der Waals surface area contributed by atoms with E-state index in [1.807, 2.05) is 0 Å². The molecule has 0 aromatic heterocycles. The molecule has 0 amide bonds. The van der Waals surface area contributed by atoms with Crippen LogP contribution in [0.2, 0.25) is 0 Å². The van der Waals surface area contributed by atoms with Gasteiger partial charge in [0.15, 0.2) is 6.61 Å². The molecular formula is C12H10ClF3O. The van der Waals surface area contributed by atoms with Crippen LogP contribution in [0.25, 0.3) is 0 Å². The van der Waals surface area contributed by atoms with E-state index in [0.717, 1.165) is 11.1 Å². The van der Waals surface area contributed by atoms with Crippen molar-refractivity contribution in [3.63, 3.8) is 0 Å². The summed E-state index contributed by atoms with van der Waals surface area (Å²) in [5.41, 5.74) is 1.48. The number of ether oxygens (including phenoxy) is 1. The highest BCUT2D eigenvalue weighted by atomic mass is 35.5. The van der Waals surface area contributed by atoms with Crippen LogP contribution in [0.5, 0.6) is 5.75 Å². The van der Waals surface area contributed by atoms with E-state index >= 15 is 0 Å². The molecule has 0 radical (unpaired) electrons. The Morgan fingerprint density at radius 1 is 1.35 bits per heavy atom. The first-order valence-electron chi connectivity index (χ1n) is 4.77. The lowest BCUT2D eigenvalue weighted by molar-refractivity contribution is -0.153. The molecular weight excluding hydrogens is 253 g/mol. The third-order valence-electron chi connectivity index (χ3n) is 1.89. The van der Waals surface area contributed by atoms with Gasteiger partial charge in [-0.2, -0.15) is 13.2 Å². The van der Waals surface area contributed by atoms with E-state index in [1.165, 1.54) is 12.1 Å². The van der Waals surface area contributed by atoms with Gasteiger partial charge >= 0.3 is 6.18 Å². The van der Waals surface area contributed by atoms with Crippen molar-refractivity contribution in [2.24, 2.45) is 0 Å². The number of rotatable bonds is 2. The molecule has 1 nitrogen and oxygen atoms in total. The molecule has 17 heavy (non-hydrogen) atoms. The Balaban J connectivity index is 2.75. The maximum atomic E-state index is 11.9. The highest BCUT2D eigenvalue weighted by molar-refractivity contribution is 6.19. The molecule has 0 saturated heterocycles. The lowest BCUT2D eigenvalue weighted by atomic mass is 10.1. The van der Waals surface area contributed by atoms with Crippen LogP contribution in [0.4, 0.5) is 13.2 Å². The summed E-state index contributed by atoms with van der Waals surface area (Å²) in [4.78, 5) is 0. The summed E-state index contributed by atoms with van der Waals surface area (Å²) in [6, 6.07) is 4.58. The number of alkyl halides is 4. The number of hydrogen-bond acceptors (Lipinski definition) is 1. The predicted octanol–water partition coefficient (Wildman–Crippen LogP) is 3.53. The van der Waals surface area contributed by atoms with Gasteiger partial charge < -0.3 is 4.74 Å². The average Bonchev–Trinajstić information content (AvgIpc) is 2.24. The molecule has 1 rings (SSSR count). The van der Waals surface area contributed by atoms with Crippen molar-refractivity contribution >= 4 is 11.6 Å². The maximum absolute atomic E-state index is 11.9. The van der Waals surface area contributed by atoms with Crippen molar-refractivity contribution in [1.82, 2.24) is 0 Å². The van der Waals surface area contributed by atoms with E-state index in [2.05, 4.69) is 16.6 Å². The van der Waals surface area contributed by atoms with Crippen LogP contribution < -0.4 is 4.74 Å². The summed E-state index contributed by atoms with van der Waals surface area (Å²) in [6.07, 6.45) is -4.33. The van der Waals surface area contributed by atoms with Crippen molar-refractivity contribution in [3.8, 4) is 17.6 Å². The van der Waals surface area contributed by atoms with E-state index in [9.17, 15) is 13.2 Å². The van der Waals surface area contributed by atoms with Crippen LogP contribution in [-0.2, 0) is 0 Å². The summed E-state index contributed by atoms with van der Waals surface area (Å²) in [5, 5.41) is 0. The summed E-state index contributed by atoms with van der Waals surface area (Å²) in [5.74, 6) is 5.87. The number of halogens is 4. The van der Waals surface area contributed by atoms with Gasteiger partial charge in [-0.05, 0) is 30.7 Å². The fourth-order valence-corrected chi connectivity index (χ4v) is 1.23. The summed E-state index contributed by atoms with van der Waals surface area (Å²) in [6.45, 7) is 0.456. The SMILES string of the molecule is Cc1cc(OCC(F)(F)F)ccc1C#CCCl. The number of hydrogen-bond donors (Lipinski definition) is 0. The monoisotopic (exact) mass is 262 g/mol. The molecule has 0 atom stereocenters. The van der Waals surface area contributed by atoms with E-state index in [0.29, 0.717) is 0 Å². The van der Waals surface area contributed by atoms with Gasteiger partial charge in [0, 0.05) is 5.56 Å². The van der Waals surface area contributed by atoms with Gasteiger partial charge in [-0.25, -0.2) is 0 Å². The third kappa shape index (κ3) is 5.01. The lowest BCUT2D eigenvalue weighted by Crippen LogP contribution is -2.19. The smallest absolute Gasteiger partial charge is 0.422 e. The van der Waals surface area contributed by atoms with Crippen LogP contribution >= 0.6 is 11.6 Å². The van der Waals surface area contributed by atoms with Crippen LogP contribution in [0.1, 0.15) is 11.1 Å². The van der Waals surface area contributed by atoms with Gasteiger partial charge in [-0.3, -0.25) is 0 Å². The van der Waals surface area contributed by atoms with Crippen LogP contribution in [0.3, 0.4) is 0 Å². The molecule has 0 spiro atoms. The Morgan fingerprint density at radius 3 is 2.59 bits per heavy atom. The first-order valence-corrected chi connectivity index (χ1v) is 5.31. The lowest BCUT2D eigenvalue weighted by Gasteiger charge is -2.10. The zero-order chi connectivity index (χ0) is 12.9. The average molecular weight is 263 g/mol. The molecule has 5 heteroatoms. The minimum atomic E-state index is -4.33. The molecule has 1 aromatic rings. The molecule has 0 fully saturated rings. The van der Waals surface area contributed by atoms with Crippen LogP contribution in [-0.4, -0.2) is 18.7 Å². The fraction of sp³-hybridized carbons (Fsp3) is 0.333.